The molecule has 262 valence electrons. The predicted octanol–water partition coefficient (Wildman–Crippen LogP) is 5.42. The Kier molecular flexibility index (Phi) is 15.9. The van der Waals surface area contributed by atoms with Crippen LogP contribution in [-0.2, 0) is 18.7 Å². The molecule has 0 bridgehead atoms. The van der Waals surface area contributed by atoms with Crippen LogP contribution in [-0.4, -0.2) is 80.7 Å². The van der Waals surface area contributed by atoms with Gasteiger partial charge in [-0.1, -0.05) is 56.2 Å². The van der Waals surface area contributed by atoms with Gasteiger partial charge in [0.05, 0.1) is 12.4 Å². The van der Waals surface area contributed by atoms with Crippen LogP contribution < -0.4 is 5.32 Å². The second-order valence-corrected chi connectivity index (χ2v) is 16.5. The number of nitrogens with zero attached hydrogens (tertiary/aromatic N) is 4. The van der Waals surface area contributed by atoms with Gasteiger partial charge in [0.1, 0.15) is 18.1 Å². The number of rotatable bonds is 20. The number of unbranched alkanes of at least 4 members (excludes halogenated alkanes) is 5. The van der Waals surface area contributed by atoms with Crippen LogP contribution >= 0.6 is 26.6 Å². The van der Waals surface area contributed by atoms with Crippen molar-refractivity contribution in [2.24, 2.45) is 0 Å². The minimum absolute atomic E-state index is 0.0542. The molecule has 3 rings (SSSR count). The molecule has 1 fully saturated rings. The molecule has 0 radical (unpaired) electrons. The monoisotopic (exact) mass is 717 g/mol. The quantitative estimate of drug-likeness (QED) is 0.0438. The number of nitrogens with one attached hydrogen (secondary N) is 1. The van der Waals surface area contributed by atoms with Crippen LogP contribution in [0.3, 0.4) is 0 Å². The molecule has 0 spiro atoms. The molecule has 0 aromatic carbocycles. The molecule has 1 aliphatic heterocycles. The zero-order chi connectivity index (χ0) is 34.5. The summed E-state index contributed by atoms with van der Waals surface area (Å²) in [5, 5.41) is 23.7. The average molecular weight is 718 g/mol. The van der Waals surface area contributed by atoms with Gasteiger partial charge in [-0.3, -0.25) is 18.5 Å². The van der Waals surface area contributed by atoms with Crippen LogP contribution in [0.15, 0.2) is 42.8 Å². The molecule has 0 aliphatic carbocycles. The molecular weight excluding hydrogens is 672 g/mol. The summed E-state index contributed by atoms with van der Waals surface area (Å²) in [7, 11) is -8.96. The summed E-state index contributed by atoms with van der Waals surface area (Å²) in [4.78, 5) is 53.1. The van der Waals surface area contributed by atoms with Gasteiger partial charge < -0.3 is 34.9 Å². The maximum atomic E-state index is 12.7. The topological polar surface area (TPSA) is 217 Å². The minimum Gasteiger partial charge on any atom is -0.388 e. The van der Waals surface area contributed by atoms with E-state index in [1.165, 1.54) is 30.2 Å². The van der Waals surface area contributed by atoms with Crippen molar-refractivity contribution in [1.82, 2.24) is 19.5 Å². The number of anilines is 1. The van der Waals surface area contributed by atoms with E-state index in [9.17, 15) is 29.0 Å². The smallest absolute Gasteiger partial charge is 0.335 e. The molecule has 47 heavy (non-hydrogen) atoms. The number of allylic oxidation sites excluding steroid dienone is 6. The lowest BCUT2D eigenvalue weighted by molar-refractivity contribution is -0.116. The number of carbonyl (C=O) groups is 1. The van der Waals surface area contributed by atoms with E-state index in [0.717, 1.165) is 32.1 Å². The number of hydrogen-bond acceptors (Lipinski definition) is 9. The van der Waals surface area contributed by atoms with Gasteiger partial charge in [0.25, 0.3) is 0 Å². The van der Waals surface area contributed by atoms with Crippen molar-refractivity contribution in [2.75, 3.05) is 17.4 Å². The predicted molar refractivity (Wildman–Crippen MR) is 180 cm³/mol. The maximum absolute atomic E-state index is 12.7. The van der Waals surface area contributed by atoms with Crippen molar-refractivity contribution < 1.29 is 43.6 Å². The Morgan fingerprint density at radius 3 is 2.32 bits per heavy atom. The Bertz CT molecular complexity index is 1500. The van der Waals surface area contributed by atoms with Crippen LogP contribution in [0.1, 0.15) is 83.8 Å². The summed E-state index contributed by atoms with van der Waals surface area (Å²) in [6.45, 7) is 2.20. The van der Waals surface area contributed by atoms with Crippen LogP contribution in [0.2, 0.25) is 5.28 Å². The highest BCUT2D eigenvalue weighted by molar-refractivity contribution is 7.72. The van der Waals surface area contributed by atoms with Gasteiger partial charge in [0.2, 0.25) is 18.6 Å². The first-order valence-corrected chi connectivity index (χ1v) is 20.0. The number of ether oxygens (including phenoxy) is 1. The van der Waals surface area contributed by atoms with E-state index in [1.807, 2.05) is 6.08 Å². The Hall–Kier alpha value is -2.25. The van der Waals surface area contributed by atoms with E-state index < -0.39 is 51.6 Å². The van der Waals surface area contributed by atoms with Gasteiger partial charge >= 0.3 is 7.60 Å². The van der Waals surface area contributed by atoms with Crippen LogP contribution in [0.25, 0.3) is 11.2 Å². The van der Waals surface area contributed by atoms with E-state index in [-0.39, 0.29) is 41.0 Å². The van der Waals surface area contributed by atoms with Crippen molar-refractivity contribution >= 4 is 49.5 Å². The van der Waals surface area contributed by atoms with Crippen molar-refractivity contribution in [3.8, 4) is 0 Å². The number of carbonyl (C=O) groups excluding carboxylic acids is 1. The zero-order valence-electron chi connectivity index (χ0n) is 26.5. The lowest BCUT2D eigenvalue weighted by Crippen LogP contribution is -2.32. The fourth-order valence-electron chi connectivity index (χ4n) is 5.07. The van der Waals surface area contributed by atoms with Gasteiger partial charge in [-0.15, -0.1) is 0 Å². The molecular formula is C30H46ClN5O9P2. The number of amides is 1. The van der Waals surface area contributed by atoms with E-state index in [1.54, 1.807) is 0 Å². The highest BCUT2D eigenvalue weighted by Gasteiger charge is 2.45. The second kappa shape index (κ2) is 19.1. The zero-order valence-corrected chi connectivity index (χ0v) is 29.0. The average Bonchev–Trinajstić information content (AvgIpc) is 3.52. The highest BCUT2D eigenvalue weighted by atomic mass is 35.5. The number of hydrogen-bond donors (Lipinski definition) is 6. The fraction of sp³-hybridized carbons (Fsp3) is 0.600. The summed E-state index contributed by atoms with van der Waals surface area (Å²) in [5.41, 5.74) is 0.261. The molecule has 1 aliphatic rings. The first-order chi connectivity index (χ1) is 22.3. The third kappa shape index (κ3) is 13.3. The largest absolute Gasteiger partial charge is 0.388 e. The number of imidazole rings is 1. The van der Waals surface area contributed by atoms with E-state index >= 15 is 0 Å². The highest BCUT2D eigenvalue weighted by Crippen LogP contribution is 2.55. The summed E-state index contributed by atoms with van der Waals surface area (Å²) in [6, 6.07) is 0. The van der Waals surface area contributed by atoms with Gasteiger partial charge in [0, 0.05) is 12.6 Å². The maximum Gasteiger partial charge on any atom is 0.335 e. The Balaban J connectivity index is 1.48. The summed E-state index contributed by atoms with van der Waals surface area (Å²) in [5.74, 6) is -1.46. The van der Waals surface area contributed by atoms with E-state index in [0.29, 0.717) is 6.42 Å². The molecule has 17 heteroatoms. The molecule has 3 heterocycles. The standard InChI is InChI=1S/C30H46ClN5O9P2/c1-2-3-4-5-6-7-8-9-10-11-12-13-14-15-16-17-23(37)33-27-24-28(35-30(31)34-27)36(20-32-24)29-26(39)25(38)22(45-29)18-19-46(40,41)21-47(42,43)44/h6-7,9-10,14-15,20,22,25-26,29,38-39H,2-5,8,11-13,16-19,21H2,1H3,(H,40,41)(H2,42,43,44)(H,33,34,35,37)/b7-6-,10-9-,15-14+/t22-,25?,26?,29-/m1/s1. The SMILES string of the molecule is CCCCC/C=C\C/C=C\CCC/C=C/CCC(=O)Nc1nc(Cl)nc2c1ncn2[C@@H]1O[C@H](CCP(=O)(O)CP(=O)(O)O)C(O)C1O. The van der Waals surface area contributed by atoms with Crippen molar-refractivity contribution in [1.29, 1.82) is 0 Å². The number of aromatic nitrogens is 4. The third-order valence-electron chi connectivity index (χ3n) is 7.46. The Morgan fingerprint density at radius 1 is 0.979 bits per heavy atom. The van der Waals surface area contributed by atoms with Crippen molar-refractivity contribution in [3.63, 3.8) is 0 Å². The minimum atomic E-state index is -4.74. The molecule has 0 saturated carbocycles. The summed E-state index contributed by atoms with van der Waals surface area (Å²) in [6.07, 6.45) is 17.5. The van der Waals surface area contributed by atoms with Gasteiger partial charge in [-0.05, 0) is 63.0 Å². The normalized spacial score (nSPS) is 21.9. The first-order valence-electron chi connectivity index (χ1n) is 15.8. The fourth-order valence-corrected chi connectivity index (χ4v) is 8.76. The number of halogens is 1. The van der Waals surface area contributed by atoms with Gasteiger partial charge in [0.15, 0.2) is 23.2 Å². The lowest BCUT2D eigenvalue weighted by Gasteiger charge is -2.18. The molecule has 1 amide bonds. The molecule has 1 saturated heterocycles. The third-order valence-corrected chi connectivity index (χ3v) is 11.8. The van der Waals surface area contributed by atoms with Crippen LogP contribution in [0.5, 0.6) is 0 Å². The van der Waals surface area contributed by atoms with Gasteiger partial charge in [-0.2, -0.15) is 9.97 Å². The lowest BCUT2D eigenvalue weighted by atomic mass is 10.1. The first kappa shape index (κ1) is 39.2. The molecule has 2 aromatic heterocycles. The van der Waals surface area contributed by atoms with E-state index in [4.69, 9.17) is 26.1 Å². The Labute approximate surface area is 279 Å². The summed E-state index contributed by atoms with van der Waals surface area (Å²) < 4.78 is 30.4. The van der Waals surface area contributed by atoms with Crippen molar-refractivity contribution in [3.05, 3.63) is 48.1 Å². The number of fused-ring (bicyclic) bond motifs is 1. The van der Waals surface area contributed by atoms with Gasteiger partial charge in [-0.25, -0.2) is 4.98 Å². The second-order valence-electron chi connectivity index (χ2n) is 11.5. The molecule has 2 aromatic rings. The number of aliphatic hydroxyl groups is 2. The van der Waals surface area contributed by atoms with Crippen LogP contribution in [0.4, 0.5) is 5.82 Å². The Morgan fingerprint density at radius 2 is 1.64 bits per heavy atom. The van der Waals surface area contributed by atoms with Crippen molar-refractivity contribution in [2.45, 2.75) is 102 Å². The molecule has 14 nitrogen and oxygen atoms in total. The van der Waals surface area contributed by atoms with E-state index in [2.05, 4.69) is 57.6 Å². The molecule has 3 unspecified atom stereocenters. The summed E-state index contributed by atoms with van der Waals surface area (Å²) >= 11 is 6.13. The molecule has 5 atom stereocenters. The molecule has 6 N–H and O–H groups in total. The number of aliphatic hydroxyl groups excluding tert-OH is 2. The van der Waals surface area contributed by atoms with Crippen LogP contribution in [0, 0.1) is 0 Å².